The standard InChI is InChI=1S/C15H22O2/c1-6-11-10-12(15(3,4)5)8-9-13(11)17-14(16)7-2/h8-10H,6-7H2,1-5H3. The van der Waals surface area contributed by atoms with E-state index in [9.17, 15) is 4.79 Å². The molecule has 0 saturated carbocycles. The number of aryl methyl sites for hydroxylation is 1. The Balaban J connectivity index is 3.06. The second-order valence-electron chi connectivity index (χ2n) is 5.25. The first-order valence-electron chi connectivity index (χ1n) is 6.22. The van der Waals surface area contributed by atoms with E-state index in [-0.39, 0.29) is 11.4 Å². The van der Waals surface area contributed by atoms with Crippen molar-refractivity contribution in [3.05, 3.63) is 29.3 Å². The number of hydrogen-bond acceptors (Lipinski definition) is 2. The van der Waals surface area contributed by atoms with Crippen molar-refractivity contribution in [2.24, 2.45) is 0 Å². The van der Waals surface area contributed by atoms with E-state index in [0.717, 1.165) is 12.0 Å². The molecule has 0 radical (unpaired) electrons. The highest BCUT2D eigenvalue weighted by atomic mass is 16.5. The highest BCUT2D eigenvalue weighted by Gasteiger charge is 2.16. The van der Waals surface area contributed by atoms with Crippen molar-refractivity contribution in [1.82, 2.24) is 0 Å². The Morgan fingerprint density at radius 1 is 1.24 bits per heavy atom. The summed E-state index contributed by atoms with van der Waals surface area (Å²) in [6, 6.07) is 6.09. The van der Waals surface area contributed by atoms with Gasteiger partial charge in [0.1, 0.15) is 5.75 Å². The molecule has 1 rings (SSSR count). The van der Waals surface area contributed by atoms with Crippen molar-refractivity contribution in [1.29, 1.82) is 0 Å². The van der Waals surface area contributed by atoms with Gasteiger partial charge in [0, 0.05) is 6.42 Å². The number of hydrogen-bond donors (Lipinski definition) is 0. The molecule has 0 aliphatic heterocycles. The maximum absolute atomic E-state index is 11.3. The number of carbonyl (C=O) groups is 1. The van der Waals surface area contributed by atoms with Crippen LogP contribution in [0.15, 0.2) is 18.2 Å². The monoisotopic (exact) mass is 234 g/mol. The molecule has 0 aromatic heterocycles. The average Bonchev–Trinajstić information content (AvgIpc) is 2.27. The molecule has 0 aliphatic carbocycles. The Labute approximate surface area is 104 Å². The minimum atomic E-state index is -0.178. The van der Waals surface area contributed by atoms with Gasteiger partial charge in [0.25, 0.3) is 0 Å². The molecule has 0 bridgehead atoms. The van der Waals surface area contributed by atoms with Crippen LogP contribution in [0, 0.1) is 0 Å². The molecule has 94 valence electrons. The topological polar surface area (TPSA) is 26.3 Å². The Morgan fingerprint density at radius 2 is 1.88 bits per heavy atom. The third-order valence-corrected chi connectivity index (χ3v) is 2.82. The van der Waals surface area contributed by atoms with Crippen molar-refractivity contribution in [3.63, 3.8) is 0 Å². The second kappa shape index (κ2) is 5.35. The second-order valence-corrected chi connectivity index (χ2v) is 5.25. The van der Waals surface area contributed by atoms with Crippen molar-refractivity contribution < 1.29 is 9.53 Å². The summed E-state index contributed by atoms with van der Waals surface area (Å²) in [7, 11) is 0. The van der Waals surface area contributed by atoms with Crippen LogP contribution >= 0.6 is 0 Å². The van der Waals surface area contributed by atoms with E-state index in [1.807, 2.05) is 12.1 Å². The lowest BCUT2D eigenvalue weighted by Crippen LogP contribution is -2.13. The van der Waals surface area contributed by atoms with Crippen LogP contribution in [0.3, 0.4) is 0 Å². The van der Waals surface area contributed by atoms with Crippen LogP contribution in [0.25, 0.3) is 0 Å². The molecule has 0 saturated heterocycles. The lowest BCUT2D eigenvalue weighted by Gasteiger charge is -2.21. The van der Waals surface area contributed by atoms with E-state index in [4.69, 9.17) is 4.74 Å². The van der Waals surface area contributed by atoms with Crippen LogP contribution in [0.2, 0.25) is 0 Å². The van der Waals surface area contributed by atoms with Crippen LogP contribution < -0.4 is 4.74 Å². The van der Waals surface area contributed by atoms with Crippen LogP contribution in [-0.2, 0) is 16.6 Å². The zero-order valence-electron chi connectivity index (χ0n) is 11.5. The minimum Gasteiger partial charge on any atom is -0.426 e. The van der Waals surface area contributed by atoms with Gasteiger partial charge in [-0.05, 0) is 29.0 Å². The summed E-state index contributed by atoms with van der Waals surface area (Å²) in [6.07, 6.45) is 1.28. The normalized spacial score (nSPS) is 11.4. The Hall–Kier alpha value is -1.31. The van der Waals surface area contributed by atoms with E-state index in [2.05, 4.69) is 33.8 Å². The molecule has 0 amide bonds. The van der Waals surface area contributed by atoms with Gasteiger partial charge in [-0.25, -0.2) is 0 Å². The van der Waals surface area contributed by atoms with E-state index in [0.29, 0.717) is 12.2 Å². The fourth-order valence-corrected chi connectivity index (χ4v) is 1.62. The maximum atomic E-state index is 11.3. The van der Waals surface area contributed by atoms with Gasteiger partial charge in [0.2, 0.25) is 0 Å². The Bertz CT molecular complexity index is 400. The summed E-state index contributed by atoms with van der Waals surface area (Å²) < 4.78 is 5.31. The largest absolute Gasteiger partial charge is 0.426 e. The third-order valence-electron chi connectivity index (χ3n) is 2.82. The molecule has 0 unspecified atom stereocenters. The zero-order chi connectivity index (χ0) is 13.1. The lowest BCUT2D eigenvalue weighted by atomic mass is 9.86. The molecule has 2 heteroatoms. The Kier molecular flexibility index (Phi) is 4.33. The molecule has 2 nitrogen and oxygen atoms in total. The van der Waals surface area contributed by atoms with Crippen LogP contribution in [-0.4, -0.2) is 5.97 Å². The summed E-state index contributed by atoms with van der Waals surface area (Å²) in [5.41, 5.74) is 2.49. The number of ether oxygens (including phenoxy) is 1. The smallest absolute Gasteiger partial charge is 0.310 e. The van der Waals surface area contributed by atoms with E-state index >= 15 is 0 Å². The predicted molar refractivity (Wildman–Crippen MR) is 70.4 cm³/mol. The third kappa shape index (κ3) is 3.58. The molecule has 0 N–H and O–H groups in total. The van der Waals surface area contributed by atoms with Gasteiger partial charge in [-0.1, -0.05) is 46.8 Å². The molecule has 17 heavy (non-hydrogen) atoms. The summed E-state index contributed by atoms with van der Waals surface area (Å²) in [4.78, 5) is 11.3. The zero-order valence-corrected chi connectivity index (χ0v) is 11.5. The van der Waals surface area contributed by atoms with Gasteiger partial charge in [-0.2, -0.15) is 0 Å². The summed E-state index contributed by atoms with van der Waals surface area (Å²) in [5, 5.41) is 0. The highest BCUT2D eigenvalue weighted by Crippen LogP contribution is 2.28. The Morgan fingerprint density at radius 3 is 2.35 bits per heavy atom. The molecule has 1 aromatic carbocycles. The molecule has 0 heterocycles. The summed E-state index contributed by atoms with van der Waals surface area (Å²) >= 11 is 0. The number of rotatable bonds is 3. The van der Waals surface area contributed by atoms with Crippen LogP contribution in [0.1, 0.15) is 52.2 Å². The van der Waals surface area contributed by atoms with E-state index in [1.165, 1.54) is 5.56 Å². The molecular weight excluding hydrogens is 212 g/mol. The van der Waals surface area contributed by atoms with Gasteiger partial charge < -0.3 is 4.74 Å². The lowest BCUT2D eigenvalue weighted by molar-refractivity contribution is -0.134. The van der Waals surface area contributed by atoms with Crippen LogP contribution in [0.5, 0.6) is 5.75 Å². The van der Waals surface area contributed by atoms with Crippen molar-refractivity contribution in [2.75, 3.05) is 0 Å². The van der Waals surface area contributed by atoms with Crippen molar-refractivity contribution >= 4 is 5.97 Å². The number of benzene rings is 1. The van der Waals surface area contributed by atoms with E-state index in [1.54, 1.807) is 6.92 Å². The molecule has 0 fully saturated rings. The first-order valence-corrected chi connectivity index (χ1v) is 6.22. The number of carbonyl (C=O) groups excluding carboxylic acids is 1. The van der Waals surface area contributed by atoms with Gasteiger partial charge in [-0.15, -0.1) is 0 Å². The maximum Gasteiger partial charge on any atom is 0.310 e. The predicted octanol–water partition coefficient (Wildman–Crippen LogP) is 3.86. The molecule has 0 aliphatic rings. The van der Waals surface area contributed by atoms with Gasteiger partial charge in [0.05, 0.1) is 0 Å². The number of esters is 1. The van der Waals surface area contributed by atoms with Gasteiger partial charge in [0.15, 0.2) is 0 Å². The quantitative estimate of drug-likeness (QED) is 0.586. The van der Waals surface area contributed by atoms with Crippen LogP contribution in [0.4, 0.5) is 0 Å². The minimum absolute atomic E-state index is 0.122. The molecule has 1 aromatic rings. The summed E-state index contributed by atoms with van der Waals surface area (Å²) in [5.74, 6) is 0.524. The first kappa shape index (κ1) is 13.8. The first-order chi connectivity index (χ1) is 7.88. The van der Waals surface area contributed by atoms with Gasteiger partial charge >= 0.3 is 5.97 Å². The average molecular weight is 234 g/mol. The van der Waals surface area contributed by atoms with E-state index < -0.39 is 0 Å². The van der Waals surface area contributed by atoms with Crippen molar-refractivity contribution in [2.45, 2.75) is 52.9 Å². The fourth-order valence-electron chi connectivity index (χ4n) is 1.62. The molecule has 0 atom stereocenters. The fraction of sp³-hybridized carbons (Fsp3) is 0.533. The molecular formula is C15H22O2. The highest BCUT2D eigenvalue weighted by molar-refractivity contribution is 5.72. The SMILES string of the molecule is CCC(=O)Oc1ccc(C(C)(C)C)cc1CC. The molecule has 0 spiro atoms. The van der Waals surface area contributed by atoms with Gasteiger partial charge in [-0.3, -0.25) is 4.79 Å². The summed E-state index contributed by atoms with van der Waals surface area (Å²) in [6.45, 7) is 10.4. The van der Waals surface area contributed by atoms with Crippen molar-refractivity contribution in [3.8, 4) is 5.75 Å².